The van der Waals surface area contributed by atoms with Crippen molar-refractivity contribution in [1.29, 1.82) is 0 Å². The van der Waals surface area contributed by atoms with E-state index < -0.39 is 0 Å². The Balaban J connectivity index is 1.32. The number of hydrogen-bond acceptors (Lipinski definition) is 5. The van der Waals surface area contributed by atoms with Crippen molar-refractivity contribution in [1.82, 2.24) is 14.7 Å². The van der Waals surface area contributed by atoms with E-state index in [2.05, 4.69) is 4.90 Å². The second-order valence-electron chi connectivity index (χ2n) is 9.23. The second-order valence-corrected chi connectivity index (χ2v) is 9.23. The number of nitrogens with zero attached hydrogens (tertiary/aromatic N) is 3. The first kappa shape index (κ1) is 27.9. The van der Waals surface area contributed by atoms with Crippen LogP contribution >= 0.6 is 0 Å². The van der Waals surface area contributed by atoms with Crippen molar-refractivity contribution >= 4 is 17.9 Å². The molecule has 1 fully saturated rings. The fourth-order valence-corrected chi connectivity index (χ4v) is 4.40. The molecule has 3 aromatic carbocycles. The maximum absolute atomic E-state index is 13.4. The van der Waals surface area contributed by atoms with Gasteiger partial charge in [0.1, 0.15) is 17.3 Å². The molecule has 3 aromatic rings. The van der Waals surface area contributed by atoms with Gasteiger partial charge in [-0.1, -0.05) is 48.6 Å². The molecule has 0 bridgehead atoms. The highest BCUT2D eigenvalue weighted by Gasteiger charge is 2.23. The molecule has 0 spiro atoms. The third-order valence-electron chi connectivity index (χ3n) is 6.66. The summed E-state index contributed by atoms with van der Waals surface area (Å²) in [7, 11) is 1.63. The van der Waals surface area contributed by atoms with Gasteiger partial charge in [0.05, 0.1) is 7.11 Å². The molecular formula is C31H34FN3O4. The molecular weight excluding hydrogens is 497 g/mol. The summed E-state index contributed by atoms with van der Waals surface area (Å²) >= 11 is 0. The molecule has 2 amide bonds. The molecule has 1 heterocycles. The maximum atomic E-state index is 13.4. The Morgan fingerprint density at radius 3 is 2.33 bits per heavy atom. The van der Waals surface area contributed by atoms with E-state index in [0.29, 0.717) is 57.1 Å². The number of para-hydroxylation sites is 2. The van der Waals surface area contributed by atoms with E-state index in [1.807, 2.05) is 71.6 Å². The number of piperazine rings is 1. The van der Waals surface area contributed by atoms with Crippen LogP contribution in [0.2, 0.25) is 0 Å². The molecule has 4 rings (SSSR count). The number of rotatable bonds is 11. The molecule has 0 aromatic heterocycles. The summed E-state index contributed by atoms with van der Waals surface area (Å²) in [5.41, 5.74) is 1.36. The number of hydrogen-bond donors (Lipinski definition) is 0. The van der Waals surface area contributed by atoms with Gasteiger partial charge < -0.3 is 19.3 Å². The maximum Gasteiger partial charge on any atom is 0.260 e. The molecule has 1 aliphatic heterocycles. The van der Waals surface area contributed by atoms with E-state index in [1.165, 1.54) is 24.3 Å². The van der Waals surface area contributed by atoms with Crippen LogP contribution in [-0.2, 0) is 4.79 Å². The SMILES string of the molecule is COc1ccccc1/C=C/CN(CCN1CCN(C(=O)COc2ccccc2)CC1)C(=O)c1ccc(F)cc1. The van der Waals surface area contributed by atoms with Crippen molar-refractivity contribution in [2.75, 3.05) is 59.5 Å². The third-order valence-corrected chi connectivity index (χ3v) is 6.66. The van der Waals surface area contributed by atoms with E-state index in [4.69, 9.17) is 9.47 Å². The molecule has 0 saturated carbocycles. The zero-order chi connectivity index (χ0) is 27.5. The van der Waals surface area contributed by atoms with E-state index in [0.717, 1.165) is 11.3 Å². The van der Waals surface area contributed by atoms with Crippen LogP contribution in [0.25, 0.3) is 6.08 Å². The van der Waals surface area contributed by atoms with E-state index in [9.17, 15) is 14.0 Å². The first-order valence-electron chi connectivity index (χ1n) is 13.1. The van der Waals surface area contributed by atoms with Gasteiger partial charge >= 0.3 is 0 Å². The van der Waals surface area contributed by atoms with Crippen LogP contribution in [0.4, 0.5) is 4.39 Å². The minimum Gasteiger partial charge on any atom is -0.496 e. The van der Waals surface area contributed by atoms with Crippen molar-refractivity contribution in [2.24, 2.45) is 0 Å². The van der Waals surface area contributed by atoms with Crippen molar-refractivity contribution in [3.63, 3.8) is 0 Å². The number of methoxy groups -OCH3 is 1. The van der Waals surface area contributed by atoms with Crippen molar-refractivity contribution in [2.45, 2.75) is 0 Å². The number of benzene rings is 3. The van der Waals surface area contributed by atoms with Gasteiger partial charge in [-0.15, -0.1) is 0 Å². The van der Waals surface area contributed by atoms with E-state index in [-0.39, 0.29) is 24.2 Å². The van der Waals surface area contributed by atoms with Gasteiger partial charge in [0, 0.05) is 56.9 Å². The monoisotopic (exact) mass is 531 g/mol. The fraction of sp³-hybridized carbons (Fsp3) is 0.290. The standard InChI is InChI=1S/C31H34FN3O4/c1-38-29-12-6-5-8-25(29)9-7-17-35(31(37)26-13-15-27(32)16-14-26)23-20-33-18-21-34(22-19-33)30(36)24-39-28-10-3-2-4-11-28/h2-16H,17-24H2,1H3/b9-7+. The lowest BCUT2D eigenvalue weighted by Crippen LogP contribution is -2.51. The Morgan fingerprint density at radius 1 is 0.923 bits per heavy atom. The lowest BCUT2D eigenvalue weighted by atomic mass is 10.1. The molecule has 0 atom stereocenters. The first-order valence-corrected chi connectivity index (χ1v) is 13.1. The summed E-state index contributed by atoms with van der Waals surface area (Å²) in [4.78, 5) is 31.7. The largest absolute Gasteiger partial charge is 0.496 e. The summed E-state index contributed by atoms with van der Waals surface area (Å²) in [6.45, 7) is 4.22. The molecule has 8 heteroatoms. The summed E-state index contributed by atoms with van der Waals surface area (Å²) < 4.78 is 24.4. The van der Waals surface area contributed by atoms with Gasteiger partial charge in [-0.05, 0) is 42.5 Å². The van der Waals surface area contributed by atoms with Crippen molar-refractivity contribution in [3.8, 4) is 11.5 Å². The Bertz CT molecular complexity index is 1240. The highest BCUT2D eigenvalue weighted by Crippen LogP contribution is 2.19. The molecule has 204 valence electrons. The van der Waals surface area contributed by atoms with E-state index >= 15 is 0 Å². The lowest BCUT2D eigenvalue weighted by Gasteiger charge is -2.35. The third kappa shape index (κ3) is 8.15. The molecule has 0 aliphatic carbocycles. The number of carbonyl (C=O) groups excluding carboxylic acids is 2. The summed E-state index contributed by atoms with van der Waals surface area (Å²) in [6.07, 6.45) is 3.87. The number of carbonyl (C=O) groups is 2. The molecule has 1 aliphatic rings. The normalized spacial score (nSPS) is 13.8. The minimum absolute atomic E-state index is 0.0164. The van der Waals surface area contributed by atoms with Gasteiger partial charge in [0.15, 0.2) is 6.61 Å². The number of amides is 2. The zero-order valence-electron chi connectivity index (χ0n) is 22.2. The predicted molar refractivity (Wildman–Crippen MR) is 149 cm³/mol. The molecule has 1 saturated heterocycles. The fourth-order valence-electron chi connectivity index (χ4n) is 4.40. The summed E-state index contributed by atoms with van der Waals surface area (Å²) in [5.74, 6) is 0.859. The average Bonchev–Trinajstić information content (AvgIpc) is 2.98. The smallest absolute Gasteiger partial charge is 0.260 e. The topological polar surface area (TPSA) is 62.3 Å². The number of ether oxygens (including phenoxy) is 2. The van der Waals surface area contributed by atoms with Crippen LogP contribution in [0.3, 0.4) is 0 Å². The molecule has 0 N–H and O–H groups in total. The summed E-state index contributed by atoms with van der Waals surface area (Å²) in [6, 6.07) is 22.6. The van der Waals surface area contributed by atoms with Gasteiger partial charge in [-0.25, -0.2) is 4.39 Å². The lowest BCUT2D eigenvalue weighted by molar-refractivity contribution is -0.135. The van der Waals surface area contributed by atoms with Crippen LogP contribution in [0.15, 0.2) is 84.9 Å². The number of halogens is 1. The molecule has 0 radical (unpaired) electrons. The van der Waals surface area contributed by atoms with Gasteiger partial charge in [0.25, 0.3) is 11.8 Å². The summed E-state index contributed by atoms with van der Waals surface area (Å²) in [5, 5.41) is 0. The van der Waals surface area contributed by atoms with Crippen LogP contribution in [0.1, 0.15) is 15.9 Å². The van der Waals surface area contributed by atoms with Crippen molar-refractivity contribution in [3.05, 3.63) is 102 Å². The highest BCUT2D eigenvalue weighted by molar-refractivity contribution is 5.94. The van der Waals surface area contributed by atoms with Crippen LogP contribution < -0.4 is 9.47 Å². The first-order chi connectivity index (χ1) is 19.0. The Hall–Kier alpha value is -4.17. The highest BCUT2D eigenvalue weighted by atomic mass is 19.1. The predicted octanol–water partition coefficient (Wildman–Crippen LogP) is 4.21. The van der Waals surface area contributed by atoms with Gasteiger partial charge in [-0.3, -0.25) is 14.5 Å². The molecule has 39 heavy (non-hydrogen) atoms. The van der Waals surface area contributed by atoms with Gasteiger partial charge in [0.2, 0.25) is 0 Å². The van der Waals surface area contributed by atoms with Crippen LogP contribution in [0, 0.1) is 5.82 Å². The Kier molecular flexibility index (Phi) is 10.1. The zero-order valence-corrected chi connectivity index (χ0v) is 22.2. The van der Waals surface area contributed by atoms with Crippen LogP contribution in [0.5, 0.6) is 11.5 Å². The van der Waals surface area contributed by atoms with E-state index in [1.54, 1.807) is 12.0 Å². The van der Waals surface area contributed by atoms with Crippen LogP contribution in [-0.4, -0.2) is 86.0 Å². The Labute approximate surface area is 229 Å². The molecule has 7 nitrogen and oxygen atoms in total. The average molecular weight is 532 g/mol. The van der Waals surface area contributed by atoms with Gasteiger partial charge in [-0.2, -0.15) is 0 Å². The Morgan fingerprint density at radius 2 is 1.62 bits per heavy atom. The van der Waals surface area contributed by atoms with Crippen molar-refractivity contribution < 1.29 is 23.5 Å². The second kappa shape index (κ2) is 14.1. The molecule has 0 unspecified atom stereocenters. The quantitative estimate of drug-likeness (QED) is 0.371. The minimum atomic E-state index is -0.379.